The molecule has 0 radical (unpaired) electrons. The van der Waals surface area contributed by atoms with Crippen LogP contribution in [0.5, 0.6) is 0 Å². The highest BCUT2D eigenvalue weighted by Crippen LogP contribution is 2.28. The third-order valence-corrected chi connectivity index (χ3v) is 4.40. The first-order valence-corrected chi connectivity index (χ1v) is 8.48. The summed E-state index contributed by atoms with van der Waals surface area (Å²) >= 11 is 3.29. The molecule has 3 aromatic heterocycles. The number of hydrogen-bond donors (Lipinski definition) is 0. The highest BCUT2D eigenvalue weighted by Gasteiger charge is 2.37. The number of piperazine rings is 1. The molecule has 0 unspecified atom stereocenters. The van der Waals surface area contributed by atoms with Gasteiger partial charge in [-0.15, -0.1) is 15.3 Å². The molecule has 136 valence electrons. The minimum Gasteiger partial charge on any atom is -0.352 e. The fraction of sp³-hybridized carbons (Fsp3) is 0.357. The molecule has 1 fully saturated rings. The van der Waals surface area contributed by atoms with Crippen molar-refractivity contribution in [1.29, 1.82) is 0 Å². The van der Waals surface area contributed by atoms with Gasteiger partial charge in [-0.25, -0.2) is 9.97 Å². The van der Waals surface area contributed by atoms with Gasteiger partial charge in [-0.3, -0.25) is 0 Å². The van der Waals surface area contributed by atoms with Crippen LogP contribution in [0.2, 0.25) is 0 Å². The van der Waals surface area contributed by atoms with Crippen LogP contribution in [-0.4, -0.2) is 56.0 Å². The van der Waals surface area contributed by atoms with Crippen molar-refractivity contribution in [2.24, 2.45) is 0 Å². The van der Waals surface area contributed by atoms with Crippen molar-refractivity contribution in [3.8, 4) is 0 Å². The Morgan fingerprint density at radius 1 is 0.923 bits per heavy atom. The molecule has 4 rings (SSSR count). The molecule has 26 heavy (non-hydrogen) atoms. The van der Waals surface area contributed by atoms with Crippen LogP contribution in [0.15, 0.2) is 29.0 Å². The first-order chi connectivity index (χ1) is 12.4. The van der Waals surface area contributed by atoms with Crippen LogP contribution >= 0.6 is 15.9 Å². The third-order valence-electron chi connectivity index (χ3n) is 4.00. The van der Waals surface area contributed by atoms with E-state index < -0.39 is 12.0 Å². The molecule has 0 aliphatic carbocycles. The Kier molecular flexibility index (Phi) is 4.13. The molecule has 0 N–H and O–H groups in total. The van der Waals surface area contributed by atoms with Gasteiger partial charge in [0.25, 0.3) is 5.82 Å². The lowest BCUT2D eigenvalue weighted by Crippen LogP contribution is -2.47. The van der Waals surface area contributed by atoms with E-state index in [1.807, 2.05) is 9.80 Å². The Morgan fingerprint density at radius 3 is 2.23 bits per heavy atom. The molecule has 1 aliphatic rings. The SMILES string of the molecule is FC(F)(F)c1nnc2ccc(N3CCN(c4ncc(Br)cn4)CC3)nn12. The first kappa shape index (κ1) is 16.9. The average molecular weight is 429 g/mol. The van der Waals surface area contributed by atoms with E-state index in [-0.39, 0.29) is 5.65 Å². The van der Waals surface area contributed by atoms with Gasteiger partial charge in [0.15, 0.2) is 5.65 Å². The van der Waals surface area contributed by atoms with Crippen LogP contribution in [0.1, 0.15) is 5.82 Å². The number of fused-ring (bicyclic) bond motifs is 1. The summed E-state index contributed by atoms with van der Waals surface area (Å²) in [5, 5.41) is 10.8. The van der Waals surface area contributed by atoms with Gasteiger partial charge < -0.3 is 9.80 Å². The van der Waals surface area contributed by atoms with E-state index in [0.29, 0.717) is 37.9 Å². The summed E-state index contributed by atoms with van der Waals surface area (Å²) in [6.45, 7) is 2.44. The highest BCUT2D eigenvalue weighted by molar-refractivity contribution is 9.10. The molecule has 0 spiro atoms. The smallest absolute Gasteiger partial charge is 0.352 e. The molecule has 1 aliphatic heterocycles. The van der Waals surface area contributed by atoms with Gasteiger partial charge >= 0.3 is 6.18 Å². The van der Waals surface area contributed by atoms with Crippen LogP contribution in [-0.2, 0) is 6.18 Å². The van der Waals surface area contributed by atoms with Crippen molar-refractivity contribution in [2.45, 2.75) is 6.18 Å². The monoisotopic (exact) mass is 428 g/mol. The molecule has 4 heterocycles. The molecular weight excluding hydrogens is 417 g/mol. The van der Waals surface area contributed by atoms with Gasteiger partial charge in [-0.05, 0) is 28.1 Å². The molecule has 0 bridgehead atoms. The Hall–Kier alpha value is -2.50. The number of aromatic nitrogens is 6. The summed E-state index contributed by atoms with van der Waals surface area (Å²) in [5.41, 5.74) is 0.0583. The maximum Gasteiger partial charge on any atom is 0.453 e. The molecule has 0 saturated carbocycles. The Balaban J connectivity index is 1.53. The van der Waals surface area contributed by atoms with E-state index >= 15 is 0 Å². The van der Waals surface area contributed by atoms with E-state index in [0.717, 1.165) is 8.99 Å². The summed E-state index contributed by atoms with van der Waals surface area (Å²) in [5.74, 6) is -0.0650. The molecule has 0 atom stereocenters. The van der Waals surface area contributed by atoms with Gasteiger partial charge in [-0.2, -0.15) is 17.7 Å². The predicted molar refractivity (Wildman–Crippen MR) is 89.9 cm³/mol. The summed E-state index contributed by atoms with van der Waals surface area (Å²) < 4.78 is 40.5. The normalized spacial score (nSPS) is 15.7. The van der Waals surface area contributed by atoms with E-state index in [4.69, 9.17) is 0 Å². The van der Waals surface area contributed by atoms with Crippen molar-refractivity contribution >= 4 is 33.3 Å². The lowest BCUT2D eigenvalue weighted by Gasteiger charge is -2.35. The molecular formula is C14H12BrF3N8. The van der Waals surface area contributed by atoms with E-state index in [1.165, 1.54) is 6.07 Å². The Morgan fingerprint density at radius 2 is 1.58 bits per heavy atom. The summed E-state index contributed by atoms with van der Waals surface area (Å²) in [6, 6.07) is 3.13. The van der Waals surface area contributed by atoms with Crippen LogP contribution < -0.4 is 9.80 Å². The average Bonchev–Trinajstić information content (AvgIpc) is 3.06. The largest absolute Gasteiger partial charge is 0.453 e. The Bertz CT molecular complexity index is 918. The van der Waals surface area contributed by atoms with Gasteiger partial charge in [0.05, 0.1) is 4.47 Å². The van der Waals surface area contributed by atoms with E-state index in [2.05, 4.69) is 41.2 Å². The quantitative estimate of drug-likeness (QED) is 0.617. The topological polar surface area (TPSA) is 75.3 Å². The zero-order valence-electron chi connectivity index (χ0n) is 13.2. The van der Waals surface area contributed by atoms with Gasteiger partial charge in [0.1, 0.15) is 5.82 Å². The molecule has 0 amide bonds. The molecule has 0 aromatic carbocycles. The summed E-state index contributed by atoms with van der Waals surface area (Å²) in [4.78, 5) is 12.4. The van der Waals surface area contributed by atoms with Crippen LogP contribution in [0, 0.1) is 0 Å². The van der Waals surface area contributed by atoms with E-state index in [1.54, 1.807) is 18.5 Å². The third kappa shape index (κ3) is 3.16. The lowest BCUT2D eigenvalue weighted by molar-refractivity contribution is -0.146. The summed E-state index contributed by atoms with van der Waals surface area (Å²) in [7, 11) is 0. The number of rotatable bonds is 2. The van der Waals surface area contributed by atoms with Gasteiger partial charge in [-0.1, -0.05) is 0 Å². The van der Waals surface area contributed by atoms with E-state index in [9.17, 15) is 13.2 Å². The standard InChI is InChI=1S/C14H12BrF3N8/c15-9-7-19-13(20-8-9)25-5-3-24(4-6-25)11-2-1-10-21-22-12(14(16,17)18)26(10)23-11/h1-2,7-8H,3-6H2. The maximum absolute atomic E-state index is 13.0. The summed E-state index contributed by atoms with van der Waals surface area (Å²) in [6.07, 6.45) is -1.26. The first-order valence-electron chi connectivity index (χ1n) is 7.69. The van der Waals surface area contributed by atoms with Crippen LogP contribution in [0.25, 0.3) is 5.65 Å². The van der Waals surface area contributed by atoms with Gasteiger partial charge in [0.2, 0.25) is 5.95 Å². The van der Waals surface area contributed by atoms with Crippen molar-refractivity contribution in [1.82, 2.24) is 29.8 Å². The zero-order valence-corrected chi connectivity index (χ0v) is 14.8. The molecule has 12 heteroatoms. The fourth-order valence-electron chi connectivity index (χ4n) is 2.73. The minimum atomic E-state index is -4.61. The van der Waals surface area contributed by atoms with Crippen molar-refractivity contribution < 1.29 is 13.2 Å². The van der Waals surface area contributed by atoms with Crippen LogP contribution in [0.3, 0.4) is 0 Å². The second-order valence-corrected chi connectivity index (χ2v) is 6.57. The maximum atomic E-state index is 13.0. The number of hydrogen-bond acceptors (Lipinski definition) is 7. The second kappa shape index (κ2) is 6.34. The number of nitrogens with zero attached hydrogens (tertiary/aromatic N) is 8. The number of alkyl halides is 3. The molecule has 8 nitrogen and oxygen atoms in total. The molecule has 3 aromatic rings. The fourth-order valence-corrected chi connectivity index (χ4v) is 2.93. The van der Waals surface area contributed by atoms with Gasteiger partial charge in [0, 0.05) is 38.6 Å². The van der Waals surface area contributed by atoms with Crippen molar-refractivity contribution in [3.05, 3.63) is 34.8 Å². The molecule has 1 saturated heterocycles. The lowest BCUT2D eigenvalue weighted by atomic mass is 10.3. The zero-order chi connectivity index (χ0) is 18.3. The predicted octanol–water partition coefficient (Wildman–Crippen LogP) is 2.02. The Labute approximate surface area is 153 Å². The second-order valence-electron chi connectivity index (χ2n) is 5.66. The number of halogens is 4. The van der Waals surface area contributed by atoms with Crippen molar-refractivity contribution in [3.63, 3.8) is 0 Å². The highest BCUT2D eigenvalue weighted by atomic mass is 79.9. The van der Waals surface area contributed by atoms with Crippen molar-refractivity contribution in [2.75, 3.05) is 36.0 Å². The minimum absolute atomic E-state index is 0.0583. The number of anilines is 2. The van der Waals surface area contributed by atoms with Crippen LogP contribution in [0.4, 0.5) is 24.9 Å².